The third-order valence-electron chi connectivity index (χ3n) is 6.37. The molecule has 0 radical (unpaired) electrons. The van der Waals surface area contributed by atoms with E-state index in [0.29, 0.717) is 37.4 Å². The van der Waals surface area contributed by atoms with Crippen LogP contribution in [0.3, 0.4) is 0 Å². The number of halogens is 3. The first-order chi connectivity index (χ1) is 19.0. The van der Waals surface area contributed by atoms with Gasteiger partial charge in [0.25, 0.3) is 11.5 Å². The van der Waals surface area contributed by atoms with Crippen molar-refractivity contribution in [1.82, 2.24) is 19.1 Å². The van der Waals surface area contributed by atoms with Crippen LogP contribution in [0.5, 0.6) is 5.75 Å². The molecule has 0 atom stereocenters. The molecule has 40 heavy (non-hydrogen) atoms. The molecule has 1 aromatic carbocycles. The van der Waals surface area contributed by atoms with Gasteiger partial charge in [0.1, 0.15) is 17.9 Å². The van der Waals surface area contributed by atoms with Gasteiger partial charge in [0.15, 0.2) is 17.5 Å². The number of nitrogens with one attached hydrogen (secondary N) is 1. The number of nitrogens with zero attached hydrogens (tertiary/aromatic N) is 5. The first-order valence-corrected chi connectivity index (χ1v) is 12.7. The fourth-order valence-corrected chi connectivity index (χ4v) is 4.82. The molecule has 1 aliphatic rings. The van der Waals surface area contributed by atoms with E-state index in [1.54, 1.807) is 4.90 Å². The Kier molecular flexibility index (Phi) is 7.36. The zero-order valence-electron chi connectivity index (χ0n) is 20.9. The highest BCUT2D eigenvalue weighted by Gasteiger charge is 2.23. The average molecular weight is 590 g/mol. The van der Waals surface area contributed by atoms with Crippen molar-refractivity contribution in [3.05, 3.63) is 62.5 Å². The minimum Gasteiger partial charge on any atom is -0.506 e. The van der Waals surface area contributed by atoms with Crippen molar-refractivity contribution in [2.75, 3.05) is 36.5 Å². The molecule has 1 fully saturated rings. The lowest BCUT2D eigenvalue weighted by Crippen LogP contribution is -2.37. The summed E-state index contributed by atoms with van der Waals surface area (Å²) >= 11 is 12.3. The standard InChI is InChI=1S/C25H22Cl2FN7O5/c1-33-11-30-24-19(25(33)39)14(12-6-13(21(29)38)20(37)15(26)7-12)9-35(24)10-18(36)31-22-16(27)8-17(28)23(32-22)34-2-4-40-5-3-34/h6-9,11,37H,2-5,10H2,1H3,(H2,29,38)(H,31,32,36). The third-order valence-corrected chi connectivity index (χ3v) is 6.95. The first kappa shape index (κ1) is 27.4. The Bertz CT molecular complexity index is 1730. The van der Waals surface area contributed by atoms with Gasteiger partial charge in [-0.25, -0.2) is 14.4 Å². The number of hydrogen-bond donors (Lipinski definition) is 3. The number of ether oxygens (including phenoxy) is 1. The summed E-state index contributed by atoms with van der Waals surface area (Å²) < 4.78 is 22.6. The van der Waals surface area contributed by atoms with Gasteiger partial charge < -0.3 is 34.9 Å². The smallest absolute Gasteiger partial charge is 0.263 e. The number of amides is 2. The number of morpholine rings is 1. The Morgan fingerprint density at radius 1 is 1.20 bits per heavy atom. The molecule has 15 heteroatoms. The van der Waals surface area contributed by atoms with E-state index >= 15 is 0 Å². The lowest BCUT2D eigenvalue weighted by molar-refractivity contribution is -0.116. The molecule has 12 nitrogen and oxygen atoms in total. The lowest BCUT2D eigenvalue weighted by atomic mass is 10.0. The molecule has 2 amide bonds. The molecule has 0 unspecified atom stereocenters. The summed E-state index contributed by atoms with van der Waals surface area (Å²) in [6.07, 6.45) is 2.79. The quantitative estimate of drug-likeness (QED) is 0.309. The van der Waals surface area contributed by atoms with E-state index in [2.05, 4.69) is 15.3 Å². The largest absolute Gasteiger partial charge is 0.506 e. The molecule has 4 N–H and O–H groups in total. The number of carbonyl (C=O) groups excluding carboxylic acids is 2. The summed E-state index contributed by atoms with van der Waals surface area (Å²) in [4.78, 5) is 48.3. The number of rotatable bonds is 6. The molecular formula is C25H22Cl2FN7O5. The third kappa shape index (κ3) is 5.06. The van der Waals surface area contributed by atoms with Crippen LogP contribution in [-0.4, -0.2) is 62.3 Å². The van der Waals surface area contributed by atoms with Crippen LogP contribution in [0.2, 0.25) is 10.0 Å². The van der Waals surface area contributed by atoms with Crippen LogP contribution in [0.25, 0.3) is 22.2 Å². The second kappa shape index (κ2) is 10.8. The second-order valence-electron chi connectivity index (χ2n) is 9.02. The monoisotopic (exact) mass is 589 g/mol. The number of phenols is 1. The zero-order valence-corrected chi connectivity index (χ0v) is 22.5. The van der Waals surface area contributed by atoms with Gasteiger partial charge in [0, 0.05) is 38.0 Å². The number of carbonyl (C=O) groups is 2. The lowest BCUT2D eigenvalue weighted by Gasteiger charge is -2.28. The maximum Gasteiger partial charge on any atom is 0.263 e. The van der Waals surface area contributed by atoms with E-state index in [1.165, 1.54) is 40.8 Å². The van der Waals surface area contributed by atoms with Crippen molar-refractivity contribution in [3.8, 4) is 16.9 Å². The summed E-state index contributed by atoms with van der Waals surface area (Å²) in [6, 6.07) is 3.74. The Hall–Kier alpha value is -4.20. The fraction of sp³-hybridized carbons (Fsp3) is 0.240. The molecule has 4 aromatic rings. The van der Waals surface area contributed by atoms with Crippen LogP contribution in [-0.2, 0) is 23.1 Å². The number of aromatic hydroxyl groups is 1. The van der Waals surface area contributed by atoms with Gasteiger partial charge in [0.05, 0.1) is 40.5 Å². The summed E-state index contributed by atoms with van der Waals surface area (Å²) in [7, 11) is 1.51. The minimum atomic E-state index is -0.921. The Morgan fingerprint density at radius 2 is 1.93 bits per heavy atom. The van der Waals surface area contributed by atoms with Gasteiger partial charge in [-0.1, -0.05) is 23.2 Å². The van der Waals surface area contributed by atoms with Crippen LogP contribution in [0.15, 0.2) is 35.5 Å². The van der Waals surface area contributed by atoms with Crippen LogP contribution in [0.4, 0.5) is 16.0 Å². The Labute approximate surface area is 235 Å². The van der Waals surface area contributed by atoms with Gasteiger partial charge in [-0.3, -0.25) is 14.4 Å². The summed E-state index contributed by atoms with van der Waals surface area (Å²) in [5, 5.41) is 12.6. The maximum absolute atomic E-state index is 14.6. The topological polar surface area (TPSA) is 158 Å². The van der Waals surface area contributed by atoms with Gasteiger partial charge in [-0.05, 0) is 17.7 Å². The molecule has 0 aliphatic carbocycles. The second-order valence-corrected chi connectivity index (χ2v) is 9.83. The summed E-state index contributed by atoms with van der Waals surface area (Å²) in [6.45, 7) is 1.35. The average Bonchev–Trinajstić information content (AvgIpc) is 3.28. The molecular weight excluding hydrogens is 568 g/mol. The van der Waals surface area contributed by atoms with E-state index in [1.807, 2.05) is 0 Å². The number of fused-ring (bicyclic) bond motifs is 1. The molecule has 208 valence electrons. The Morgan fingerprint density at radius 3 is 2.62 bits per heavy atom. The molecule has 4 heterocycles. The Balaban J connectivity index is 1.52. The van der Waals surface area contributed by atoms with E-state index in [9.17, 15) is 23.9 Å². The highest BCUT2D eigenvalue weighted by molar-refractivity contribution is 6.33. The van der Waals surface area contributed by atoms with E-state index in [4.69, 9.17) is 33.7 Å². The normalized spacial score (nSPS) is 13.6. The molecule has 0 bridgehead atoms. The number of pyridine rings is 1. The number of nitrogens with two attached hydrogens (primary N) is 1. The molecule has 0 saturated carbocycles. The minimum absolute atomic E-state index is 0.0356. The fourth-order valence-electron chi connectivity index (χ4n) is 4.41. The van der Waals surface area contributed by atoms with E-state index < -0.39 is 28.9 Å². The van der Waals surface area contributed by atoms with Crippen molar-refractivity contribution in [3.63, 3.8) is 0 Å². The highest BCUT2D eigenvalue weighted by Crippen LogP contribution is 2.36. The van der Waals surface area contributed by atoms with Gasteiger partial charge in [0.2, 0.25) is 5.91 Å². The molecule has 1 aliphatic heterocycles. The predicted octanol–water partition coefficient (Wildman–Crippen LogP) is 2.52. The van der Waals surface area contributed by atoms with Crippen LogP contribution in [0.1, 0.15) is 10.4 Å². The number of anilines is 2. The van der Waals surface area contributed by atoms with Crippen LogP contribution >= 0.6 is 23.2 Å². The van der Waals surface area contributed by atoms with Gasteiger partial charge in [-0.2, -0.15) is 0 Å². The predicted molar refractivity (Wildman–Crippen MR) is 146 cm³/mol. The van der Waals surface area contributed by atoms with Gasteiger partial charge >= 0.3 is 0 Å². The number of aryl methyl sites for hydroxylation is 1. The number of hydrogen-bond acceptors (Lipinski definition) is 8. The summed E-state index contributed by atoms with van der Waals surface area (Å²) in [5.74, 6) is -2.62. The molecule has 5 rings (SSSR count). The number of aromatic nitrogens is 4. The number of benzene rings is 1. The maximum atomic E-state index is 14.6. The van der Waals surface area contributed by atoms with Crippen molar-refractivity contribution in [2.24, 2.45) is 12.8 Å². The SMILES string of the molecule is Cn1cnc2c(c(-c3cc(Cl)c(O)c(C(N)=O)c3)cn2CC(=O)Nc2nc(N3CCOCC3)c(F)cc2Cl)c1=O. The summed E-state index contributed by atoms with van der Waals surface area (Å²) in [5.41, 5.74) is 5.48. The highest BCUT2D eigenvalue weighted by atomic mass is 35.5. The molecule has 0 spiro atoms. The number of primary amides is 1. The van der Waals surface area contributed by atoms with Crippen molar-refractivity contribution in [1.29, 1.82) is 0 Å². The van der Waals surface area contributed by atoms with Crippen LogP contribution in [0, 0.1) is 5.82 Å². The van der Waals surface area contributed by atoms with Crippen molar-refractivity contribution >= 4 is 57.7 Å². The van der Waals surface area contributed by atoms with Crippen molar-refractivity contribution < 1.29 is 23.8 Å². The first-order valence-electron chi connectivity index (χ1n) is 11.9. The van der Waals surface area contributed by atoms with E-state index in [-0.39, 0.29) is 44.8 Å². The molecule has 3 aromatic heterocycles. The molecule has 1 saturated heterocycles. The van der Waals surface area contributed by atoms with Crippen molar-refractivity contribution in [2.45, 2.75) is 6.54 Å². The zero-order chi connectivity index (χ0) is 28.7. The van der Waals surface area contributed by atoms with Gasteiger partial charge in [-0.15, -0.1) is 0 Å². The van der Waals surface area contributed by atoms with Crippen LogP contribution < -0.4 is 21.5 Å². The van der Waals surface area contributed by atoms with E-state index in [0.717, 1.165) is 6.07 Å².